The Labute approximate surface area is 148 Å². The third kappa shape index (κ3) is 4.03. The molecule has 0 saturated carbocycles. The number of hydrogen-bond donors (Lipinski definition) is 2. The lowest BCUT2D eigenvalue weighted by Crippen LogP contribution is -2.37. The van der Waals surface area contributed by atoms with E-state index in [4.69, 9.17) is 0 Å². The van der Waals surface area contributed by atoms with Crippen molar-refractivity contribution in [2.75, 3.05) is 5.32 Å². The molecule has 130 valence electrons. The monoisotopic (exact) mass is 357 g/mol. The molecular weight excluding hydrogens is 338 g/mol. The van der Waals surface area contributed by atoms with Crippen LogP contribution in [0.3, 0.4) is 0 Å². The van der Waals surface area contributed by atoms with E-state index in [1.165, 1.54) is 21.9 Å². The van der Waals surface area contributed by atoms with Crippen LogP contribution in [0.1, 0.15) is 23.7 Å². The van der Waals surface area contributed by atoms with E-state index in [-0.39, 0.29) is 11.5 Å². The van der Waals surface area contributed by atoms with E-state index in [1.807, 2.05) is 31.2 Å². The van der Waals surface area contributed by atoms with Crippen molar-refractivity contribution in [1.29, 1.82) is 0 Å². The minimum atomic E-state index is -0.484. The summed E-state index contributed by atoms with van der Waals surface area (Å²) in [7, 11) is 0. The van der Waals surface area contributed by atoms with Gasteiger partial charge >= 0.3 is 0 Å². The van der Waals surface area contributed by atoms with Gasteiger partial charge in [0.1, 0.15) is 6.04 Å². The molecule has 1 unspecified atom stereocenters. The zero-order chi connectivity index (χ0) is 18.0. The van der Waals surface area contributed by atoms with Crippen LogP contribution >= 0.6 is 11.3 Å². The number of fused-ring (bicyclic) bond motifs is 1. The molecule has 2 aromatic heterocycles. The summed E-state index contributed by atoms with van der Waals surface area (Å²) in [5.74, 6) is -0.141. The van der Waals surface area contributed by atoms with Crippen molar-refractivity contribution < 1.29 is 4.79 Å². The number of aromatic nitrogens is 3. The highest BCUT2D eigenvalue weighted by atomic mass is 32.1. The van der Waals surface area contributed by atoms with Gasteiger partial charge in [0.25, 0.3) is 5.56 Å². The van der Waals surface area contributed by atoms with Crippen LogP contribution in [0.4, 0.5) is 5.13 Å². The minimum absolute atomic E-state index is 0.141. The van der Waals surface area contributed by atoms with E-state index in [0.717, 1.165) is 11.1 Å². The maximum absolute atomic E-state index is 12.3. The Morgan fingerprint density at radius 3 is 2.88 bits per heavy atom. The van der Waals surface area contributed by atoms with Crippen LogP contribution in [0.5, 0.6) is 0 Å². The molecule has 0 spiro atoms. The van der Waals surface area contributed by atoms with Crippen molar-refractivity contribution in [3.8, 4) is 0 Å². The number of aryl methyl sites for hydroxylation is 2. The van der Waals surface area contributed by atoms with Gasteiger partial charge in [0.2, 0.25) is 16.0 Å². The van der Waals surface area contributed by atoms with Crippen LogP contribution in [-0.4, -0.2) is 26.5 Å². The zero-order valence-electron chi connectivity index (χ0n) is 14.2. The van der Waals surface area contributed by atoms with Gasteiger partial charge in [-0.3, -0.25) is 9.59 Å². The van der Waals surface area contributed by atoms with Crippen molar-refractivity contribution in [1.82, 2.24) is 19.9 Å². The second-order valence-electron chi connectivity index (χ2n) is 5.91. The Bertz CT molecular complexity index is 979. The Kier molecular flexibility index (Phi) is 4.80. The first-order valence-corrected chi connectivity index (χ1v) is 8.71. The lowest BCUT2D eigenvalue weighted by atomic mass is 10.1. The van der Waals surface area contributed by atoms with Crippen molar-refractivity contribution in [2.24, 2.45) is 0 Å². The lowest BCUT2D eigenvalue weighted by Gasteiger charge is -2.13. The fourth-order valence-electron chi connectivity index (χ4n) is 2.39. The Balaban J connectivity index is 1.65. The van der Waals surface area contributed by atoms with E-state index in [0.29, 0.717) is 22.3 Å². The Morgan fingerprint density at radius 2 is 2.12 bits per heavy atom. The summed E-state index contributed by atoms with van der Waals surface area (Å²) in [5.41, 5.74) is 2.61. The van der Waals surface area contributed by atoms with Crippen molar-refractivity contribution >= 4 is 27.3 Å². The summed E-state index contributed by atoms with van der Waals surface area (Å²) in [6, 6.07) is 8.93. The normalized spacial score (nSPS) is 12.1. The van der Waals surface area contributed by atoms with Crippen molar-refractivity contribution in [3.05, 3.63) is 57.5 Å². The average Bonchev–Trinajstić information content (AvgIpc) is 2.95. The van der Waals surface area contributed by atoms with Crippen molar-refractivity contribution in [3.63, 3.8) is 0 Å². The molecule has 0 bridgehead atoms. The molecule has 8 heteroatoms. The number of nitrogens with zero attached hydrogens (tertiary/aromatic N) is 3. The smallest absolute Gasteiger partial charge is 0.275 e. The van der Waals surface area contributed by atoms with Gasteiger partial charge in [-0.05, 0) is 26.3 Å². The number of carbonyl (C=O) groups is 1. The van der Waals surface area contributed by atoms with Crippen LogP contribution in [0.25, 0.3) is 4.96 Å². The highest BCUT2D eigenvalue weighted by Gasteiger charge is 2.15. The number of carbonyl (C=O) groups excluding carboxylic acids is 1. The number of amides is 1. The first-order chi connectivity index (χ1) is 11.9. The van der Waals surface area contributed by atoms with Gasteiger partial charge in [0, 0.05) is 18.3 Å². The molecule has 0 fully saturated rings. The molecule has 0 aliphatic heterocycles. The Morgan fingerprint density at radius 1 is 1.32 bits per heavy atom. The molecule has 25 heavy (non-hydrogen) atoms. The van der Waals surface area contributed by atoms with E-state index < -0.39 is 6.04 Å². The number of rotatable bonds is 5. The van der Waals surface area contributed by atoms with Gasteiger partial charge in [0.15, 0.2) is 0 Å². The lowest BCUT2D eigenvalue weighted by molar-refractivity contribution is -0.121. The summed E-state index contributed by atoms with van der Waals surface area (Å²) < 4.78 is 1.23. The van der Waals surface area contributed by atoms with Crippen molar-refractivity contribution in [2.45, 2.75) is 33.4 Å². The fourth-order valence-corrected chi connectivity index (χ4v) is 3.33. The van der Waals surface area contributed by atoms with Gasteiger partial charge in [-0.1, -0.05) is 41.2 Å². The predicted molar refractivity (Wildman–Crippen MR) is 98.0 cm³/mol. The zero-order valence-corrected chi connectivity index (χ0v) is 15.1. The van der Waals surface area contributed by atoms with Gasteiger partial charge in [0.05, 0.1) is 0 Å². The number of benzene rings is 1. The topological polar surface area (TPSA) is 88.4 Å². The molecule has 0 aliphatic carbocycles. The number of anilines is 1. The molecule has 3 aromatic rings. The summed E-state index contributed by atoms with van der Waals surface area (Å²) in [4.78, 5) is 28.9. The third-order valence-corrected chi connectivity index (χ3v) is 4.50. The minimum Gasteiger partial charge on any atom is -0.350 e. The molecule has 2 N–H and O–H groups in total. The number of hydrogen-bond acceptors (Lipinski definition) is 6. The van der Waals surface area contributed by atoms with E-state index in [1.54, 1.807) is 13.8 Å². The SMILES string of the molecule is Cc1cccc(CNC(=O)C(C)Nc2nn3c(=O)cc(C)nc3s2)c1. The third-order valence-electron chi connectivity index (χ3n) is 3.66. The van der Waals surface area contributed by atoms with Gasteiger partial charge in [-0.25, -0.2) is 4.98 Å². The van der Waals surface area contributed by atoms with E-state index in [2.05, 4.69) is 20.7 Å². The van der Waals surface area contributed by atoms with Crippen LogP contribution in [0.2, 0.25) is 0 Å². The first kappa shape index (κ1) is 17.1. The van der Waals surface area contributed by atoms with Crippen LogP contribution in [0.15, 0.2) is 35.1 Å². The molecule has 2 heterocycles. The van der Waals surface area contributed by atoms with E-state index >= 15 is 0 Å². The molecule has 1 aromatic carbocycles. The van der Waals surface area contributed by atoms with Gasteiger partial charge < -0.3 is 10.6 Å². The van der Waals surface area contributed by atoms with Gasteiger partial charge in [-0.15, -0.1) is 5.10 Å². The van der Waals surface area contributed by atoms with E-state index in [9.17, 15) is 9.59 Å². The van der Waals surface area contributed by atoms with Crippen LogP contribution in [0, 0.1) is 13.8 Å². The number of nitrogens with one attached hydrogen (secondary N) is 2. The Hall–Kier alpha value is -2.74. The predicted octanol–water partition coefficient (Wildman–Crippen LogP) is 1.88. The summed E-state index contributed by atoms with van der Waals surface area (Å²) in [5, 5.41) is 10.6. The van der Waals surface area contributed by atoms with Gasteiger partial charge in [-0.2, -0.15) is 4.52 Å². The summed E-state index contributed by atoms with van der Waals surface area (Å²) >= 11 is 1.24. The first-order valence-electron chi connectivity index (χ1n) is 7.90. The second kappa shape index (κ2) is 7.02. The maximum Gasteiger partial charge on any atom is 0.275 e. The highest BCUT2D eigenvalue weighted by Crippen LogP contribution is 2.17. The second-order valence-corrected chi connectivity index (χ2v) is 6.87. The highest BCUT2D eigenvalue weighted by molar-refractivity contribution is 7.20. The summed E-state index contributed by atoms with van der Waals surface area (Å²) in [6.45, 7) is 5.99. The molecule has 7 nitrogen and oxygen atoms in total. The molecule has 3 rings (SSSR count). The molecule has 1 amide bonds. The summed E-state index contributed by atoms with van der Waals surface area (Å²) in [6.07, 6.45) is 0. The van der Waals surface area contributed by atoms with Crippen LogP contribution in [-0.2, 0) is 11.3 Å². The largest absolute Gasteiger partial charge is 0.350 e. The maximum atomic E-state index is 12.3. The fraction of sp³-hybridized carbons (Fsp3) is 0.294. The molecule has 0 saturated heterocycles. The molecular formula is C17H19N5O2S. The average molecular weight is 357 g/mol. The molecule has 0 aliphatic rings. The molecule has 0 radical (unpaired) electrons. The van der Waals surface area contributed by atoms with Crippen LogP contribution < -0.4 is 16.2 Å². The quantitative estimate of drug-likeness (QED) is 0.728. The standard InChI is InChI=1S/C17H19N5O2S/c1-10-5-4-6-13(7-10)9-18-15(24)12(3)20-16-21-22-14(23)8-11(2)19-17(22)25-16/h4-8,12H,9H2,1-3H3,(H,18,24)(H,20,21). The molecule has 1 atom stereocenters.